The highest BCUT2D eigenvalue weighted by Crippen LogP contribution is 2.31. The molecule has 0 saturated carbocycles. The van der Waals surface area contributed by atoms with E-state index in [0.717, 1.165) is 37.7 Å². The summed E-state index contributed by atoms with van der Waals surface area (Å²) in [4.78, 5) is 42.8. The van der Waals surface area contributed by atoms with Crippen molar-refractivity contribution >= 4 is 34.9 Å². The summed E-state index contributed by atoms with van der Waals surface area (Å²) in [6.45, 7) is 3.61. The smallest absolute Gasteiger partial charge is 0.382 e. The number of benzene rings is 1. The van der Waals surface area contributed by atoms with Crippen LogP contribution in [0.3, 0.4) is 0 Å². The minimum absolute atomic E-state index is 0.136. The Balaban J connectivity index is 1.20. The van der Waals surface area contributed by atoms with Gasteiger partial charge in [-0.15, -0.1) is 0 Å². The van der Waals surface area contributed by atoms with Gasteiger partial charge in [-0.2, -0.15) is 13.2 Å². The Morgan fingerprint density at radius 1 is 1.05 bits per heavy atom. The van der Waals surface area contributed by atoms with E-state index in [9.17, 15) is 22.8 Å². The third-order valence-electron chi connectivity index (χ3n) is 7.68. The number of piperidine rings is 1. The average Bonchev–Trinajstić information content (AvgIpc) is 3.46. The van der Waals surface area contributed by atoms with Crippen molar-refractivity contribution in [2.75, 3.05) is 55.3 Å². The Labute approximate surface area is 244 Å². The fraction of sp³-hybridized carbons (Fsp3) is 0.345. The van der Waals surface area contributed by atoms with Crippen LogP contribution in [-0.4, -0.2) is 75.5 Å². The maximum atomic E-state index is 13.2. The highest BCUT2D eigenvalue weighted by atomic mass is 19.4. The van der Waals surface area contributed by atoms with Crippen molar-refractivity contribution < 1.29 is 27.5 Å². The standard InChI is InChI=1S/C29H29F3N8O3/c30-29(31,32)21-7-8-34-24(14-21)37-26(41)19-5-3-18(4-6-19)22-17-40-23(25(33)36-22)15-35-28(40)39-9-1-2-20(16-39)27(42)38-10-12-43-13-11-38/h3-8,14-15,17,20H,1-2,9-13,16H2,(H2,33,36)(H,34,37,41). The van der Waals surface area contributed by atoms with Crippen LogP contribution in [0, 0.1) is 5.92 Å². The summed E-state index contributed by atoms with van der Waals surface area (Å²) in [6, 6.07) is 8.05. The molecule has 1 atom stereocenters. The fourth-order valence-corrected chi connectivity index (χ4v) is 5.44. The first-order valence-electron chi connectivity index (χ1n) is 13.9. The predicted octanol–water partition coefficient (Wildman–Crippen LogP) is 3.72. The van der Waals surface area contributed by atoms with Gasteiger partial charge in [0.1, 0.15) is 17.2 Å². The molecule has 0 radical (unpaired) electrons. The maximum Gasteiger partial charge on any atom is 0.416 e. The summed E-state index contributed by atoms with van der Waals surface area (Å²) in [5.41, 5.74) is 7.45. The molecule has 5 heterocycles. The number of pyridine rings is 1. The largest absolute Gasteiger partial charge is 0.416 e. The second-order valence-electron chi connectivity index (χ2n) is 10.5. The van der Waals surface area contributed by atoms with Gasteiger partial charge in [0.25, 0.3) is 5.91 Å². The van der Waals surface area contributed by atoms with Crippen LogP contribution in [0.1, 0.15) is 28.8 Å². The second kappa shape index (κ2) is 11.5. The predicted molar refractivity (Wildman–Crippen MR) is 152 cm³/mol. The van der Waals surface area contributed by atoms with E-state index in [1.165, 1.54) is 0 Å². The number of halogens is 3. The summed E-state index contributed by atoms with van der Waals surface area (Å²) in [5.74, 6) is 0.125. The molecular weight excluding hydrogens is 565 g/mol. The number of carbonyl (C=O) groups is 2. The first-order valence-corrected chi connectivity index (χ1v) is 13.9. The number of rotatable bonds is 5. The van der Waals surface area contributed by atoms with Crippen LogP contribution in [-0.2, 0) is 15.7 Å². The lowest BCUT2D eigenvalue weighted by Gasteiger charge is -2.36. The molecule has 11 nitrogen and oxygen atoms in total. The van der Waals surface area contributed by atoms with Gasteiger partial charge in [-0.25, -0.2) is 15.0 Å². The zero-order valence-corrected chi connectivity index (χ0v) is 23.0. The third kappa shape index (κ3) is 5.95. The van der Waals surface area contributed by atoms with E-state index < -0.39 is 17.6 Å². The highest BCUT2D eigenvalue weighted by Gasteiger charge is 2.32. The molecule has 1 unspecified atom stereocenters. The van der Waals surface area contributed by atoms with Gasteiger partial charge in [0, 0.05) is 49.7 Å². The first-order chi connectivity index (χ1) is 20.7. The lowest BCUT2D eigenvalue weighted by atomic mass is 9.96. The average molecular weight is 595 g/mol. The van der Waals surface area contributed by atoms with Crippen LogP contribution >= 0.6 is 0 Å². The highest BCUT2D eigenvalue weighted by molar-refractivity contribution is 6.04. The molecule has 1 aromatic carbocycles. The molecule has 14 heteroatoms. The van der Waals surface area contributed by atoms with Crippen molar-refractivity contribution in [2.24, 2.45) is 5.92 Å². The molecule has 0 bridgehead atoms. The second-order valence-corrected chi connectivity index (χ2v) is 10.5. The van der Waals surface area contributed by atoms with Crippen molar-refractivity contribution in [3.05, 3.63) is 66.1 Å². The molecule has 3 N–H and O–H groups in total. The molecule has 0 spiro atoms. The molecule has 224 valence electrons. The number of fused-ring (bicyclic) bond motifs is 1. The number of nitrogens with one attached hydrogen (secondary N) is 1. The van der Waals surface area contributed by atoms with Gasteiger partial charge in [0.2, 0.25) is 11.9 Å². The molecular formula is C29H29F3N8O3. The zero-order valence-electron chi connectivity index (χ0n) is 23.0. The Kier molecular flexibility index (Phi) is 7.61. The molecule has 2 aliphatic rings. The quantitative estimate of drug-likeness (QED) is 0.358. The van der Waals surface area contributed by atoms with E-state index >= 15 is 0 Å². The van der Waals surface area contributed by atoms with E-state index in [-0.39, 0.29) is 29.0 Å². The van der Waals surface area contributed by atoms with E-state index in [1.54, 1.807) is 30.5 Å². The van der Waals surface area contributed by atoms with Crippen LogP contribution in [0.15, 0.2) is 55.0 Å². The molecule has 2 aliphatic heterocycles. The van der Waals surface area contributed by atoms with Crippen LogP contribution < -0.4 is 16.0 Å². The van der Waals surface area contributed by atoms with Crippen molar-refractivity contribution in [3.8, 4) is 11.3 Å². The van der Waals surface area contributed by atoms with Crippen LogP contribution in [0.5, 0.6) is 0 Å². The molecule has 3 aromatic heterocycles. The SMILES string of the molecule is Nc1nc(-c2ccc(C(=O)Nc3cc(C(F)(F)F)ccn3)cc2)cn2c(N3CCCC(C(=O)N4CCOCC4)C3)ncc12. The number of anilines is 3. The van der Waals surface area contributed by atoms with Crippen molar-refractivity contribution in [2.45, 2.75) is 19.0 Å². The number of imidazole rings is 1. The molecule has 0 aliphatic carbocycles. The third-order valence-corrected chi connectivity index (χ3v) is 7.68. The number of hydrogen-bond acceptors (Lipinski definition) is 8. The fourth-order valence-electron chi connectivity index (χ4n) is 5.44. The number of alkyl halides is 3. The van der Waals surface area contributed by atoms with E-state index in [0.29, 0.717) is 55.6 Å². The number of carbonyl (C=O) groups excluding carboxylic acids is 2. The number of amides is 2. The molecule has 43 heavy (non-hydrogen) atoms. The van der Waals surface area contributed by atoms with Gasteiger partial charge >= 0.3 is 6.18 Å². The van der Waals surface area contributed by atoms with E-state index in [1.807, 2.05) is 15.5 Å². The van der Waals surface area contributed by atoms with Crippen molar-refractivity contribution in [1.29, 1.82) is 0 Å². The summed E-state index contributed by atoms with van der Waals surface area (Å²) >= 11 is 0. The summed E-state index contributed by atoms with van der Waals surface area (Å²) in [6.07, 6.45) is 1.57. The van der Waals surface area contributed by atoms with Gasteiger partial charge in [-0.3, -0.25) is 14.0 Å². The Morgan fingerprint density at radius 3 is 2.56 bits per heavy atom. The number of hydrogen-bond donors (Lipinski definition) is 2. The molecule has 2 amide bonds. The van der Waals surface area contributed by atoms with Crippen LogP contribution in [0.2, 0.25) is 0 Å². The lowest BCUT2D eigenvalue weighted by Crippen LogP contribution is -2.48. The summed E-state index contributed by atoms with van der Waals surface area (Å²) < 4.78 is 46.3. The van der Waals surface area contributed by atoms with Crippen molar-refractivity contribution in [3.63, 3.8) is 0 Å². The van der Waals surface area contributed by atoms with Gasteiger partial charge in [-0.05, 0) is 37.1 Å². The van der Waals surface area contributed by atoms with Crippen LogP contribution in [0.25, 0.3) is 16.8 Å². The number of aromatic nitrogens is 4. The van der Waals surface area contributed by atoms with Crippen molar-refractivity contribution in [1.82, 2.24) is 24.3 Å². The maximum absolute atomic E-state index is 13.2. The minimum atomic E-state index is -4.55. The molecule has 6 rings (SSSR count). The number of nitrogen functional groups attached to an aromatic ring is 1. The van der Waals surface area contributed by atoms with E-state index in [2.05, 4.69) is 25.2 Å². The van der Waals surface area contributed by atoms with Gasteiger partial charge in [0.15, 0.2) is 0 Å². The minimum Gasteiger partial charge on any atom is -0.382 e. The zero-order chi connectivity index (χ0) is 30.1. The monoisotopic (exact) mass is 594 g/mol. The molecule has 2 saturated heterocycles. The van der Waals surface area contributed by atoms with E-state index in [4.69, 9.17) is 10.5 Å². The number of ether oxygens (including phenoxy) is 1. The lowest BCUT2D eigenvalue weighted by molar-refractivity contribution is -0.140. The number of nitrogens with zero attached hydrogens (tertiary/aromatic N) is 6. The topological polar surface area (TPSA) is 131 Å². The van der Waals surface area contributed by atoms with Gasteiger partial charge in [0.05, 0.1) is 36.6 Å². The first kappa shape index (κ1) is 28.4. The molecule has 2 fully saturated rings. The number of nitrogens with two attached hydrogens (primary N) is 1. The number of morpholine rings is 1. The Bertz CT molecular complexity index is 1650. The normalized spacial score (nSPS) is 17.7. The van der Waals surface area contributed by atoms with Gasteiger partial charge < -0.3 is 25.6 Å². The Morgan fingerprint density at radius 2 is 1.81 bits per heavy atom. The summed E-state index contributed by atoms with van der Waals surface area (Å²) in [5, 5.41) is 2.40. The molecule has 4 aromatic rings. The van der Waals surface area contributed by atoms with Gasteiger partial charge in [-0.1, -0.05) is 12.1 Å². The van der Waals surface area contributed by atoms with Crippen LogP contribution in [0.4, 0.5) is 30.8 Å². The Hall–Kier alpha value is -4.72. The summed E-state index contributed by atoms with van der Waals surface area (Å²) in [7, 11) is 0.